The monoisotopic (exact) mass is 395 g/mol. The number of hydrogen-bond acceptors (Lipinski definition) is 2. The van der Waals surface area contributed by atoms with Gasteiger partial charge in [0, 0.05) is 0 Å². The molecule has 1 aliphatic heterocycles. The van der Waals surface area contributed by atoms with E-state index in [4.69, 9.17) is 4.74 Å². The van der Waals surface area contributed by atoms with Gasteiger partial charge in [-0.25, -0.2) is 0 Å². The van der Waals surface area contributed by atoms with Crippen LogP contribution in [0.1, 0.15) is 30.0 Å². The van der Waals surface area contributed by atoms with Crippen molar-refractivity contribution in [1.82, 2.24) is 5.32 Å². The molecule has 1 amide bonds. The van der Waals surface area contributed by atoms with Crippen LogP contribution in [0.3, 0.4) is 0 Å². The van der Waals surface area contributed by atoms with Crippen molar-refractivity contribution in [2.45, 2.75) is 25.3 Å². The molecule has 0 aromatic heterocycles. The van der Waals surface area contributed by atoms with Gasteiger partial charge in [0.25, 0.3) is 5.91 Å². The highest BCUT2D eigenvalue weighted by atomic mass is 16.5. The number of amides is 1. The van der Waals surface area contributed by atoms with E-state index in [0.717, 1.165) is 64.3 Å². The molecule has 4 rings (SSSR count). The summed E-state index contributed by atoms with van der Waals surface area (Å²) in [4.78, 5) is 15.6. The second kappa shape index (κ2) is 9.90. The lowest BCUT2D eigenvalue weighted by molar-refractivity contribution is -1.01. The fourth-order valence-corrected chi connectivity index (χ4v) is 4.59. The van der Waals surface area contributed by atoms with Gasteiger partial charge in [0.1, 0.15) is 45.1 Å². The van der Waals surface area contributed by atoms with Crippen LogP contribution in [0.2, 0.25) is 0 Å². The summed E-state index contributed by atoms with van der Waals surface area (Å²) in [5.41, 5.74) is 2.71. The number of hydrogen-bond donors (Lipinski definition) is 3. The highest BCUT2D eigenvalue weighted by Gasteiger charge is 2.27. The Kier molecular flexibility index (Phi) is 6.80. The molecule has 0 radical (unpaired) electrons. The summed E-state index contributed by atoms with van der Waals surface area (Å²) >= 11 is 0. The predicted molar refractivity (Wildman–Crippen MR) is 113 cm³/mol. The molecule has 0 saturated carbocycles. The van der Waals surface area contributed by atoms with Crippen LogP contribution in [0, 0.1) is 0 Å². The van der Waals surface area contributed by atoms with E-state index in [-0.39, 0.29) is 11.9 Å². The van der Waals surface area contributed by atoms with Gasteiger partial charge in [0.05, 0.1) is 6.04 Å². The van der Waals surface area contributed by atoms with Crippen LogP contribution in [0.5, 0.6) is 5.75 Å². The number of fused-ring (bicyclic) bond motifs is 1. The lowest BCUT2D eigenvalue weighted by Crippen LogP contribution is -3.28. The minimum absolute atomic E-state index is 0.189. The van der Waals surface area contributed by atoms with Gasteiger partial charge in [-0.2, -0.15) is 0 Å². The Labute approximate surface area is 173 Å². The zero-order valence-electron chi connectivity index (χ0n) is 17.2. The molecule has 29 heavy (non-hydrogen) atoms. The second-order valence-electron chi connectivity index (χ2n) is 8.30. The van der Waals surface area contributed by atoms with E-state index in [2.05, 4.69) is 29.6 Å². The van der Waals surface area contributed by atoms with E-state index >= 15 is 0 Å². The molecule has 154 valence electrons. The summed E-state index contributed by atoms with van der Waals surface area (Å²) in [6.45, 7) is 6.67. The quantitative estimate of drug-likeness (QED) is 0.620. The van der Waals surface area contributed by atoms with E-state index < -0.39 is 0 Å². The fraction of sp³-hybridized carbons (Fsp3) is 0.458. The smallest absolute Gasteiger partial charge is 0.275 e. The van der Waals surface area contributed by atoms with Crippen LogP contribution in [-0.4, -0.2) is 51.8 Å². The minimum Gasteiger partial charge on any atom is -0.488 e. The van der Waals surface area contributed by atoms with Gasteiger partial charge in [0.2, 0.25) is 0 Å². The summed E-state index contributed by atoms with van der Waals surface area (Å²) in [5, 5.41) is 3.30. The topological polar surface area (TPSA) is 47.2 Å². The van der Waals surface area contributed by atoms with Crippen molar-refractivity contribution in [2.75, 3.05) is 45.9 Å². The zero-order chi connectivity index (χ0) is 19.9. The number of quaternary nitrogens is 2. The maximum Gasteiger partial charge on any atom is 0.275 e. The third kappa shape index (κ3) is 5.58. The van der Waals surface area contributed by atoms with E-state index in [1.54, 1.807) is 4.90 Å². The van der Waals surface area contributed by atoms with Crippen LogP contribution in [0.4, 0.5) is 0 Å². The molecule has 1 saturated heterocycles. The van der Waals surface area contributed by atoms with E-state index in [1.807, 2.05) is 30.3 Å². The van der Waals surface area contributed by atoms with Crippen molar-refractivity contribution in [3.05, 3.63) is 65.7 Å². The number of ether oxygens (including phenoxy) is 1. The van der Waals surface area contributed by atoms with Crippen LogP contribution in [0.15, 0.2) is 54.6 Å². The average molecular weight is 396 g/mol. The fourth-order valence-electron chi connectivity index (χ4n) is 4.59. The van der Waals surface area contributed by atoms with Crippen LogP contribution in [0.25, 0.3) is 0 Å². The van der Waals surface area contributed by atoms with E-state index in [1.165, 1.54) is 16.0 Å². The Bertz CT molecular complexity index is 788. The summed E-state index contributed by atoms with van der Waals surface area (Å²) < 4.78 is 5.82. The largest absolute Gasteiger partial charge is 0.488 e. The Morgan fingerprint density at radius 2 is 1.69 bits per heavy atom. The molecule has 2 aromatic rings. The average Bonchev–Trinajstić information content (AvgIpc) is 2.76. The second-order valence-corrected chi connectivity index (χ2v) is 8.30. The molecule has 5 heteroatoms. The first-order valence-corrected chi connectivity index (χ1v) is 11.0. The number of piperazine rings is 1. The van der Waals surface area contributed by atoms with Gasteiger partial charge >= 0.3 is 0 Å². The van der Waals surface area contributed by atoms with Crippen LogP contribution >= 0.6 is 0 Å². The highest BCUT2D eigenvalue weighted by Crippen LogP contribution is 2.29. The van der Waals surface area contributed by atoms with Gasteiger partial charge < -0.3 is 19.9 Å². The van der Waals surface area contributed by atoms with Gasteiger partial charge in [-0.15, -0.1) is 0 Å². The van der Waals surface area contributed by atoms with Gasteiger partial charge in [0.15, 0.2) is 6.54 Å². The molecule has 0 spiro atoms. The Hall–Kier alpha value is -2.37. The van der Waals surface area contributed by atoms with Crippen molar-refractivity contribution in [3.8, 4) is 5.75 Å². The maximum atomic E-state index is 12.6. The first-order valence-electron chi connectivity index (χ1n) is 11.0. The predicted octanol–water partition coefficient (Wildman–Crippen LogP) is 0.0426. The molecular formula is C24H33N3O2+2. The third-order valence-corrected chi connectivity index (χ3v) is 6.25. The molecule has 3 N–H and O–H groups in total. The van der Waals surface area contributed by atoms with Crippen molar-refractivity contribution in [2.24, 2.45) is 0 Å². The van der Waals surface area contributed by atoms with Crippen molar-refractivity contribution < 1.29 is 19.3 Å². The molecule has 1 fully saturated rings. The zero-order valence-corrected chi connectivity index (χ0v) is 17.2. The Morgan fingerprint density at radius 3 is 2.52 bits per heavy atom. The van der Waals surface area contributed by atoms with Gasteiger partial charge in [-0.1, -0.05) is 42.5 Å². The molecule has 2 aliphatic rings. The molecular weight excluding hydrogens is 362 g/mol. The normalized spacial score (nSPS) is 23.8. The number of rotatable bonds is 7. The molecule has 1 heterocycles. The number of nitrogens with one attached hydrogen (secondary N) is 3. The standard InChI is InChI=1S/C24H31N3O2/c28-24(25-23-12-6-8-20-7-4-5-11-22(20)23)19-27-15-13-26(14-16-27)17-18-29-21-9-2-1-3-10-21/h1-5,7,9-11,23H,6,8,12-19H2,(H,25,28)/p+2/t23-/m0/s1. The summed E-state index contributed by atoms with van der Waals surface area (Å²) in [7, 11) is 0. The molecule has 2 aromatic carbocycles. The maximum absolute atomic E-state index is 12.6. The Morgan fingerprint density at radius 1 is 0.966 bits per heavy atom. The number of para-hydroxylation sites is 1. The Balaban J connectivity index is 1.17. The lowest BCUT2D eigenvalue weighted by Gasteiger charge is -2.30. The van der Waals surface area contributed by atoms with Gasteiger partial charge in [-0.3, -0.25) is 4.79 Å². The number of carbonyl (C=O) groups is 1. The first kappa shape index (κ1) is 19.9. The molecule has 0 bridgehead atoms. The third-order valence-electron chi connectivity index (χ3n) is 6.25. The van der Waals surface area contributed by atoms with Gasteiger partial charge in [-0.05, 0) is 42.5 Å². The van der Waals surface area contributed by atoms with E-state index in [0.29, 0.717) is 6.54 Å². The molecule has 5 nitrogen and oxygen atoms in total. The summed E-state index contributed by atoms with van der Waals surface area (Å²) in [6, 6.07) is 18.7. The molecule has 1 atom stereocenters. The lowest BCUT2D eigenvalue weighted by atomic mass is 9.88. The van der Waals surface area contributed by atoms with E-state index in [9.17, 15) is 4.79 Å². The number of carbonyl (C=O) groups excluding carboxylic acids is 1. The van der Waals surface area contributed by atoms with Crippen LogP contribution < -0.4 is 19.9 Å². The molecule has 0 unspecified atom stereocenters. The number of aryl methyl sites for hydroxylation is 1. The first-order chi connectivity index (χ1) is 14.3. The van der Waals surface area contributed by atoms with Crippen molar-refractivity contribution >= 4 is 5.91 Å². The summed E-state index contributed by atoms with van der Waals surface area (Å²) in [5.74, 6) is 1.13. The van der Waals surface area contributed by atoms with Crippen LogP contribution in [-0.2, 0) is 11.2 Å². The SMILES string of the molecule is O=C(C[NH+]1CC[NH+](CCOc2ccccc2)CC1)N[C@H]1CCCc2ccccc21. The summed E-state index contributed by atoms with van der Waals surface area (Å²) in [6.07, 6.45) is 3.34. The number of benzene rings is 2. The van der Waals surface area contributed by atoms with Crippen molar-refractivity contribution in [3.63, 3.8) is 0 Å². The van der Waals surface area contributed by atoms with Crippen molar-refractivity contribution in [1.29, 1.82) is 0 Å². The molecule has 1 aliphatic carbocycles. The minimum atomic E-state index is 0.189. The highest BCUT2D eigenvalue weighted by molar-refractivity contribution is 5.77.